The molecule has 1 amide bonds. The van der Waals surface area contributed by atoms with Crippen LogP contribution in [0.2, 0.25) is 0 Å². The van der Waals surface area contributed by atoms with Gasteiger partial charge in [0, 0.05) is 33.9 Å². The Bertz CT molecular complexity index is 588. The number of amides is 1. The number of carbonyl (C=O) groups excluding carboxylic acids is 1. The molecule has 0 aliphatic rings. The molecule has 20 heavy (non-hydrogen) atoms. The Morgan fingerprint density at radius 2 is 2.00 bits per heavy atom. The van der Waals surface area contributed by atoms with Gasteiger partial charge in [0.2, 0.25) is 5.91 Å². The van der Waals surface area contributed by atoms with Crippen molar-refractivity contribution in [2.24, 2.45) is 14.1 Å². The van der Waals surface area contributed by atoms with Crippen molar-refractivity contribution in [2.45, 2.75) is 19.9 Å². The molecule has 0 saturated carbocycles. The second kappa shape index (κ2) is 7.04. The molecule has 0 N–H and O–H groups in total. The summed E-state index contributed by atoms with van der Waals surface area (Å²) in [6, 6.07) is 0. The first-order chi connectivity index (χ1) is 9.38. The van der Waals surface area contributed by atoms with E-state index in [0.717, 1.165) is 11.0 Å². The summed E-state index contributed by atoms with van der Waals surface area (Å²) < 4.78 is 7.52. The second-order valence-electron chi connectivity index (χ2n) is 4.71. The van der Waals surface area contributed by atoms with Gasteiger partial charge in [0.1, 0.15) is 6.61 Å². The van der Waals surface area contributed by atoms with Crippen molar-refractivity contribution in [2.75, 3.05) is 20.3 Å². The van der Waals surface area contributed by atoms with Crippen LogP contribution in [0.3, 0.4) is 0 Å². The first-order valence-electron chi connectivity index (χ1n) is 6.45. The Morgan fingerprint density at radius 3 is 2.60 bits per heavy atom. The first kappa shape index (κ1) is 16.2. The fraction of sp³-hybridized carbons (Fsp3) is 0.615. The first-order valence-corrected chi connectivity index (χ1v) is 6.45. The van der Waals surface area contributed by atoms with Crippen molar-refractivity contribution in [3.8, 4) is 0 Å². The maximum atomic E-state index is 11.9. The molecule has 0 atom stereocenters. The predicted octanol–water partition coefficient (Wildman–Crippen LogP) is -0.531. The Morgan fingerprint density at radius 1 is 1.35 bits per heavy atom. The lowest BCUT2D eigenvalue weighted by Crippen LogP contribution is -2.40. The van der Waals surface area contributed by atoms with Gasteiger partial charge in [0.15, 0.2) is 0 Å². The summed E-state index contributed by atoms with van der Waals surface area (Å²) in [5, 5.41) is 0. The van der Waals surface area contributed by atoms with Crippen molar-refractivity contribution in [3.63, 3.8) is 0 Å². The summed E-state index contributed by atoms with van der Waals surface area (Å²) in [6.45, 7) is 2.63. The van der Waals surface area contributed by atoms with E-state index in [2.05, 4.69) is 0 Å². The minimum Gasteiger partial charge on any atom is -0.372 e. The van der Waals surface area contributed by atoms with Gasteiger partial charge in [-0.15, -0.1) is 0 Å². The molecular formula is C13H21N3O4. The molecule has 0 aromatic carbocycles. The van der Waals surface area contributed by atoms with Crippen LogP contribution in [0.1, 0.15) is 18.9 Å². The predicted molar refractivity (Wildman–Crippen MR) is 74.5 cm³/mol. The molecule has 7 heteroatoms. The molecule has 1 heterocycles. The van der Waals surface area contributed by atoms with Crippen molar-refractivity contribution in [1.82, 2.24) is 14.0 Å². The zero-order chi connectivity index (χ0) is 15.3. The molecule has 0 fully saturated rings. The number of hydrogen-bond acceptors (Lipinski definition) is 4. The lowest BCUT2D eigenvalue weighted by Gasteiger charge is -2.17. The van der Waals surface area contributed by atoms with Crippen LogP contribution in [0.25, 0.3) is 0 Å². The van der Waals surface area contributed by atoms with E-state index in [9.17, 15) is 14.4 Å². The van der Waals surface area contributed by atoms with Gasteiger partial charge in [-0.1, -0.05) is 6.92 Å². The van der Waals surface area contributed by atoms with E-state index < -0.39 is 0 Å². The van der Waals surface area contributed by atoms with Crippen molar-refractivity contribution < 1.29 is 9.53 Å². The number of ether oxygens (including phenoxy) is 1. The molecule has 1 rings (SSSR count). The Kier molecular flexibility index (Phi) is 5.69. The molecule has 0 bridgehead atoms. The fourth-order valence-electron chi connectivity index (χ4n) is 1.75. The minimum atomic E-state index is -0.390. The van der Waals surface area contributed by atoms with Crippen LogP contribution in [-0.2, 0) is 30.2 Å². The van der Waals surface area contributed by atoms with Crippen LogP contribution in [-0.4, -0.2) is 40.2 Å². The highest BCUT2D eigenvalue weighted by Gasteiger charge is 2.13. The average molecular weight is 283 g/mol. The normalized spacial score (nSPS) is 10.6. The van der Waals surface area contributed by atoms with E-state index in [4.69, 9.17) is 4.74 Å². The summed E-state index contributed by atoms with van der Waals surface area (Å²) >= 11 is 0. The summed E-state index contributed by atoms with van der Waals surface area (Å²) in [7, 11) is 4.58. The van der Waals surface area contributed by atoms with Gasteiger partial charge in [-0.2, -0.15) is 0 Å². The van der Waals surface area contributed by atoms with Crippen LogP contribution >= 0.6 is 0 Å². The van der Waals surface area contributed by atoms with Gasteiger partial charge >= 0.3 is 5.69 Å². The van der Waals surface area contributed by atoms with E-state index in [1.165, 1.54) is 22.7 Å². The Labute approximate surface area is 117 Å². The molecule has 0 aliphatic heterocycles. The minimum absolute atomic E-state index is 0.00355. The van der Waals surface area contributed by atoms with Crippen LogP contribution in [0.4, 0.5) is 0 Å². The molecule has 0 radical (unpaired) electrons. The van der Waals surface area contributed by atoms with Gasteiger partial charge in [0.05, 0.1) is 12.1 Å². The van der Waals surface area contributed by atoms with Crippen molar-refractivity contribution in [3.05, 3.63) is 32.6 Å². The second-order valence-corrected chi connectivity index (χ2v) is 4.71. The number of carbonyl (C=O) groups is 1. The number of aryl methyl sites for hydroxylation is 1. The molecule has 0 unspecified atom stereocenters. The number of hydrogen-bond donors (Lipinski definition) is 0. The van der Waals surface area contributed by atoms with Crippen LogP contribution in [0.5, 0.6) is 0 Å². The maximum absolute atomic E-state index is 11.9. The molecule has 0 saturated heterocycles. The molecule has 0 aliphatic carbocycles. The summed E-state index contributed by atoms with van der Waals surface area (Å²) in [5.74, 6) is -0.200. The topological polar surface area (TPSA) is 73.5 Å². The highest BCUT2D eigenvalue weighted by Crippen LogP contribution is 1.97. The van der Waals surface area contributed by atoms with Gasteiger partial charge in [-0.05, 0) is 6.42 Å². The molecule has 1 aromatic rings. The number of aromatic nitrogens is 2. The van der Waals surface area contributed by atoms with Gasteiger partial charge in [-0.25, -0.2) is 4.79 Å². The SMILES string of the molecule is CCCOCC(=O)N(C)Cc1cn(C)c(=O)n(C)c1=O. The zero-order valence-electron chi connectivity index (χ0n) is 12.4. The Hall–Kier alpha value is -1.89. The molecular weight excluding hydrogens is 262 g/mol. The largest absolute Gasteiger partial charge is 0.372 e. The quantitative estimate of drug-likeness (QED) is 0.658. The maximum Gasteiger partial charge on any atom is 0.330 e. The fourth-order valence-corrected chi connectivity index (χ4v) is 1.75. The summed E-state index contributed by atoms with van der Waals surface area (Å²) in [6.07, 6.45) is 2.31. The number of rotatable bonds is 6. The monoisotopic (exact) mass is 283 g/mol. The van der Waals surface area contributed by atoms with E-state index in [1.54, 1.807) is 14.1 Å². The lowest BCUT2D eigenvalue weighted by molar-refractivity contribution is -0.135. The van der Waals surface area contributed by atoms with Gasteiger partial charge in [0.25, 0.3) is 5.56 Å². The van der Waals surface area contributed by atoms with Crippen molar-refractivity contribution >= 4 is 5.91 Å². The third-order valence-corrected chi connectivity index (χ3v) is 2.92. The molecule has 7 nitrogen and oxygen atoms in total. The highest BCUT2D eigenvalue weighted by atomic mass is 16.5. The number of nitrogens with zero attached hydrogens (tertiary/aromatic N) is 3. The lowest BCUT2D eigenvalue weighted by atomic mass is 10.3. The summed E-state index contributed by atoms with van der Waals surface area (Å²) in [4.78, 5) is 36.7. The zero-order valence-corrected chi connectivity index (χ0v) is 12.4. The average Bonchev–Trinajstić information content (AvgIpc) is 2.42. The van der Waals surface area contributed by atoms with Gasteiger partial charge < -0.3 is 14.2 Å². The summed E-state index contributed by atoms with van der Waals surface area (Å²) in [5.41, 5.74) is -0.387. The van der Waals surface area contributed by atoms with E-state index in [1.807, 2.05) is 6.92 Å². The van der Waals surface area contributed by atoms with Crippen LogP contribution in [0.15, 0.2) is 15.8 Å². The van der Waals surface area contributed by atoms with Crippen LogP contribution < -0.4 is 11.2 Å². The third-order valence-electron chi connectivity index (χ3n) is 2.92. The van der Waals surface area contributed by atoms with Crippen LogP contribution in [0, 0.1) is 0 Å². The van der Waals surface area contributed by atoms with Crippen molar-refractivity contribution in [1.29, 1.82) is 0 Å². The Balaban J connectivity index is 2.81. The van der Waals surface area contributed by atoms with E-state index >= 15 is 0 Å². The highest BCUT2D eigenvalue weighted by molar-refractivity contribution is 5.77. The molecule has 0 spiro atoms. The number of likely N-dealkylation sites (N-methyl/N-ethyl adjacent to an activating group) is 1. The third kappa shape index (κ3) is 3.80. The van der Waals surface area contributed by atoms with E-state index in [0.29, 0.717) is 12.2 Å². The smallest absolute Gasteiger partial charge is 0.330 e. The molecule has 112 valence electrons. The molecule has 1 aromatic heterocycles. The van der Waals surface area contributed by atoms with Gasteiger partial charge in [-0.3, -0.25) is 14.2 Å². The van der Waals surface area contributed by atoms with E-state index in [-0.39, 0.29) is 30.3 Å². The standard InChI is InChI=1S/C13H21N3O4/c1-5-6-20-9-11(17)14(2)7-10-8-15(3)13(19)16(4)12(10)18/h8H,5-7,9H2,1-4H3.